The highest BCUT2D eigenvalue weighted by Crippen LogP contribution is 2.29. The van der Waals surface area contributed by atoms with Crippen LogP contribution in [0.4, 0.5) is 0 Å². The van der Waals surface area contributed by atoms with Gasteiger partial charge < -0.3 is 15.0 Å². The summed E-state index contributed by atoms with van der Waals surface area (Å²) < 4.78 is 5.26. The Morgan fingerprint density at radius 3 is 2.75 bits per heavy atom. The van der Waals surface area contributed by atoms with Gasteiger partial charge in [0, 0.05) is 45.4 Å². The molecule has 1 unspecified atom stereocenters. The number of carbonyl (C=O) groups excluding carboxylic acids is 1. The molecule has 0 saturated carbocycles. The van der Waals surface area contributed by atoms with Gasteiger partial charge in [0.2, 0.25) is 5.91 Å². The van der Waals surface area contributed by atoms with E-state index in [0.29, 0.717) is 38.6 Å². The first-order valence-electron chi connectivity index (χ1n) is 7.23. The Morgan fingerprint density at radius 1 is 1.40 bits per heavy atom. The zero-order valence-corrected chi connectivity index (χ0v) is 12.4. The van der Waals surface area contributed by atoms with Crippen molar-refractivity contribution in [3.8, 4) is 6.07 Å². The van der Waals surface area contributed by atoms with Gasteiger partial charge in [0.15, 0.2) is 0 Å². The van der Waals surface area contributed by atoms with Gasteiger partial charge in [-0.2, -0.15) is 5.26 Å². The Bertz CT molecular complexity index is 387. The second-order valence-corrected chi connectivity index (χ2v) is 5.91. The largest absolute Gasteiger partial charge is 0.381 e. The van der Waals surface area contributed by atoms with E-state index in [2.05, 4.69) is 35.3 Å². The molecular weight excluding hydrogens is 256 g/mol. The average molecular weight is 280 g/mol. The third kappa shape index (κ3) is 3.29. The summed E-state index contributed by atoms with van der Waals surface area (Å²) in [4.78, 5) is 16.9. The molecular formula is C14H24N4O2. The topological polar surface area (TPSA) is 68.6 Å². The van der Waals surface area contributed by atoms with E-state index >= 15 is 0 Å². The highest BCUT2D eigenvalue weighted by atomic mass is 16.5. The van der Waals surface area contributed by atoms with E-state index in [4.69, 9.17) is 4.74 Å². The highest BCUT2D eigenvalue weighted by Gasteiger charge is 2.40. The molecule has 2 rings (SSSR count). The molecule has 0 bridgehead atoms. The summed E-state index contributed by atoms with van der Waals surface area (Å²) in [7, 11) is 4.18. The van der Waals surface area contributed by atoms with Crippen molar-refractivity contribution in [2.45, 2.75) is 18.9 Å². The molecule has 0 radical (unpaired) electrons. The third-order valence-corrected chi connectivity index (χ3v) is 4.47. The molecule has 20 heavy (non-hydrogen) atoms. The second-order valence-electron chi connectivity index (χ2n) is 5.91. The summed E-state index contributed by atoms with van der Waals surface area (Å²) in [5, 5.41) is 12.3. The van der Waals surface area contributed by atoms with Crippen molar-refractivity contribution in [3.05, 3.63) is 0 Å². The lowest BCUT2D eigenvalue weighted by molar-refractivity contribution is -0.132. The van der Waals surface area contributed by atoms with Crippen LogP contribution in [0.25, 0.3) is 0 Å². The Morgan fingerprint density at radius 2 is 2.10 bits per heavy atom. The fourth-order valence-electron chi connectivity index (χ4n) is 2.81. The Kier molecular flexibility index (Phi) is 4.97. The van der Waals surface area contributed by atoms with Crippen LogP contribution in [0.5, 0.6) is 0 Å². The lowest BCUT2D eigenvalue weighted by atomic mass is 9.81. The SMILES string of the molecule is CN1CCN(C)C(CNC(=O)C2(C#N)CCOCC2)C1. The number of carbonyl (C=O) groups is 1. The summed E-state index contributed by atoms with van der Waals surface area (Å²) in [5.74, 6) is -0.134. The van der Waals surface area contributed by atoms with Gasteiger partial charge in [0.25, 0.3) is 0 Å². The van der Waals surface area contributed by atoms with Crippen LogP contribution in [-0.2, 0) is 9.53 Å². The normalized spacial score (nSPS) is 27.8. The fraction of sp³-hybridized carbons (Fsp3) is 0.857. The van der Waals surface area contributed by atoms with Crippen LogP contribution in [0.1, 0.15) is 12.8 Å². The van der Waals surface area contributed by atoms with Gasteiger partial charge in [-0.3, -0.25) is 9.69 Å². The van der Waals surface area contributed by atoms with Crippen LogP contribution in [0.3, 0.4) is 0 Å². The van der Waals surface area contributed by atoms with Gasteiger partial charge >= 0.3 is 0 Å². The number of nitrogens with zero attached hydrogens (tertiary/aromatic N) is 3. The number of nitriles is 1. The molecule has 2 fully saturated rings. The Hall–Kier alpha value is -1.16. The molecule has 1 atom stereocenters. The van der Waals surface area contributed by atoms with Crippen molar-refractivity contribution in [3.63, 3.8) is 0 Å². The molecule has 2 saturated heterocycles. The number of nitrogens with one attached hydrogen (secondary N) is 1. The molecule has 0 aromatic rings. The molecule has 6 nitrogen and oxygen atoms in total. The monoisotopic (exact) mass is 280 g/mol. The summed E-state index contributed by atoms with van der Waals surface area (Å²) >= 11 is 0. The maximum absolute atomic E-state index is 12.4. The van der Waals surface area contributed by atoms with Crippen molar-refractivity contribution in [2.24, 2.45) is 5.41 Å². The molecule has 2 aliphatic heterocycles. The number of piperazine rings is 1. The molecule has 6 heteroatoms. The molecule has 0 aromatic carbocycles. The third-order valence-electron chi connectivity index (χ3n) is 4.47. The van der Waals surface area contributed by atoms with Crippen molar-refractivity contribution in [2.75, 3.05) is 53.5 Å². The van der Waals surface area contributed by atoms with Gasteiger partial charge in [0.1, 0.15) is 5.41 Å². The first-order chi connectivity index (χ1) is 9.57. The quantitative estimate of drug-likeness (QED) is 0.766. The zero-order chi connectivity index (χ0) is 14.6. The van der Waals surface area contributed by atoms with E-state index < -0.39 is 5.41 Å². The molecule has 2 heterocycles. The summed E-state index contributed by atoms with van der Waals surface area (Å²) in [6.45, 7) is 4.60. The predicted octanol–water partition coefficient (Wildman–Crippen LogP) is -0.331. The van der Waals surface area contributed by atoms with Crippen LogP contribution in [0.2, 0.25) is 0 Å². The molecule has 1 amide bonds. The number of hydrogen-bond acceptors (Lipinski definition) is 5. The lowest BCUT2D eigenvalue weighted by Crippen LogP contribution is -2.55. The molecule has 1 N–H and O–H groups in total. The zero-order valence-electron chi connectivity index (χ0n) is 12.4. The van der Waals surface area contributed by atoms with Crippen molar-refractivity contribution in [1.82, 2.24) is 15.1 Å². The molecule has 0 spiro atoms. The van der Waals surface area contributed by atoms with E-state index in [-0.39, 0.29) is 5.91 Å². The molecule has 0 aliphatic carbocycles. The Labute approximate surface area is 120 Å². The van der Waals surface area contributed by atoms with Crippen LogP contribution < -0.4 is 5.32 Å². The highest BCUT2D eigenvalue weighted by molar-refractivity contribution is 5.85. The van der Waals surface area contributed by atoms with Gasteiger partial charge in [-0.1, -0.05) is 0 Å². The van der Waals surface area contributed by atoms with Gasteiger partial charge in [-0.05, 0) is 26.9 Å². The van der Waals surface area contributed by atoms with E-state index in [1.54, 1.807) is 0 Å². The molecule has 112 valence electrons. The van der Waals surface area contributed by atoms with Gasteiger partial charge in [0.05, 0.1) is 6.07 Å². The first-order valence-corrected chi connectivity index (χ1v) is 7.23. The van der Waals surface area contributed by atoms with Crippen LogP contribution in [0.15, 0.2) is 0 Å². The minimum Gasteiger partial charge on any atom is -0.381 e. The van der Waals surface area contributed by atoms with E-state index in [9.17, 15) is 10.1 Å². The summed E-state index contributed by atoms with van der Waals surface area (Å²) in [5.41, 5.74) is -0.891. The number of likely N-dealkylation sites (N-methyl/N-ethyl adjacent to an activating group) is 2. The van der Waals surface area contributed by atoms with Crippen LogP contribution in [0, 0.1) is 16.7 Å². The van der Waals surface area contributed by atoms with Crippen LogP contribution in [-0.4, -0.2) is 75.2 Å². The maximum Gasteiger partial charge on any atom is 0.240 e. The minimum atomic E-state index is -0.891. The molecule has 2 aliphatic rings. The Balaban J connectivity index is 1.89. The summed E-state index contributed by atoms with van der Waals surface area (Å²) in [6.07, 6.45) is 0.992. The number of amides is 1. The van der Waals surface area contributed by atoms with Gasteiger partial charge in [-0.25, -0.2) is 0 Å². The van der Waals surface area contributed by atoms with Gasteiger partial charge in [-0.15, -0.1) is 0 Å². The number of ether oxygens (including phenoxy) is 1. The minimum absolute atomic E-state index is 0.134. The van der Waals surface area contributed by atoms with Crippen LogP contribution >= 0.6 is 0 Å². The van der Waals surface area contributed by atoms with Crippen molar-refractivity contribution < 1.29 is 9.53 Å². The standard InChI is InChI=1S/C14H24N4O2/c1-17-5-6-18(2)12(10-17)9-16-13(19)14(11-15)3-7-20-8-4-14/h12H,3-10H2,1-2H3,(H,16,19). The lowest BCUT2D eigenvalue weighted by Gasteiger charge is -2.38. The molecule has 0 aromatic heterocycles. The number of rotatable bonds is 3. The fourth-order valence-corrected chi connectivity index (χ4v) is 2.81. The van der Waals surface area contributed by atoms with E-state index in [1.165, 1.54) is 0 Å². The smallest absolute Gasteiger partial charge is 0.240 e. The number of hydrogen-bond donors (Lipinski definition) is 1. The summed E-state index contributed by atoms with van der Waals surface area (Å²) in [6, 6.07) is 2.52. The van der Waals surface area contributed by atoms with E-state index in [0.717, 1.165) is 19.6 Å². The average Bonchev–Trinajstić information content (AvgIpc) is 2.48. The second kappa shape index (κ2) is 6.53. The van der Waals surface area contributed by atoms with Crippen molar-refractivity contribution >= 4 is 5.91 Å². The van der Waals surface area contributed by atoms with E-state index in [1.807, 2.05) is 0 Å². The first kappa shape index (κ1) is 15.2. The van der Waals surface area contributed by atoms with Crippen molar-refractivity contribution in [1.29, 1.82) is 5.26 Å². The predicted molar refractivity (Wildman–Crippen MR) is 75.0 cm³/mol. The maximum atomic E-state index is 12.4.